The summed E-state index contributed by atoms with van der Waals surface area (Å²) < 4.78 is 0. The van der Waals surface area contributed by atoms with Gasteiger partial charge in [-0.15, -0.1) is 0 Å². The summed E-state index contributed by atoms with van der Waals surface area (Å²) in [5.74, 6) is 0.773. The molecule has 2 atom stereocenters. The van der Waals surface area contributed by atoms with Crippen LogP contribution in [0.25, 0.3) is 0 Å². The average molecular weight is 293 g/mol. The zero-order chi connectivity index (χ0) is 14.3. The fraction of sp³-hybridized carbons (Fsp3) is 0.467. The maximum absolute atomic E-state index is 11.9. The van der Waals surface area contributed by atoms with Gasteiger partial charge < -0.3 is 10.2 Å². The molecule has 1 aliphatic carbocycles. The van der Waals surface area contributed by atoms with Crippen LogP contribution in [0.2, 0.25) is 5.02 Å². The van der Waals surface area contributed by atoms with E-state index in [9.17, 15) is 9.59 Å². The molecule has 3 rings (SSSR count). The molecule has 2 aliphatic rings. The Kier molecular flexibility index (Phi) is 3.42. The van der Waals surface area contributed by atoms with Gasteiger partial charge in [-0.1, -0.05) is 18.5 Å². The van der Waals surface area contributed by atoms with Gasteiger partial charge in [-0.2, -0.15) is 0 Å². The summed E-state index contributed by atoms with van der Waals surface area (Å²) in [5, 5.41) is 3.38. The fourth-order valence-corrected chi connectivity index (χ4v) is 2.91. The second-order valence-electron chi connectivity index (χ2n) is 5.62. The molecule has 1 saturated carbocycles. The van der Waals surface area contributed by atoms with Crippen molar-refractivity contribution in [2.45, 2.75) is 26.2 Å². The molecule has 106 valence electrons. The number of rotatable bonds is 3. The van der Waals surface area contributed by atoms with Crippen molar-refractivity contribution < 1.29 is 9.59 Å². The first-order valence-electron chi connectivity index (χ1n) is 6.97. The monoisotopic (exact) mass is 292 g/mol. The molecule has 2 fully saturated rings. The van der Waals surface area contributed by atoms with E-state index in [0.717, 1.165) is 18.5 Å². The Bertz CT molecular complexity index is 573. The Morgan fingerprint density at radius 1 is 1.45 bits per heavy atom. The van der Waals surface area contributed by atoms with Crippen LogP contribution < -0.4 is 10.2 Å². The van der Waals surface area contributed by atoms with Crippen molar-refractivity contribution in [2.75, 3.05) is 16.8 Å². The van der Waals surface area contributed by atoms with Crippen LogP contribution in [0.3, 0.4) is 0 Å². The van der Waals surface area contributed by atoms with Gasteiger partial charge in [-0.25, -0.2) is 0 Å². The third kappa shape index (κ3) is 2.52. The second kappa shape index (κ2) is 5.09. The van der Waals surface area contributed by atoms with E-state index >= 15 is 0 Å². The Morgan fingerprint density at radius 3 is 2.75 bits per heavy atom. The van der Waals surface area contributed by atoms with Gasteiger partial charge in [-0.3, -0.25) is 9.59 Å². The molecule has 1 heterocycles. The summed E-state index contributed by atoms with van der Waals surface area (Å²) in [5.41, 5.74) is 1.42. The summed E-state index contributed by atoms with van der Waals surface area (Å²) in [4.78, 5) is 25.3. The average Bonchev–Trinajstić information content (AvgIpc) is 2.99. The first-order chi connectivity index (χ1) is 9.56. The first kappa shape index (κ1) is 13.4. The highest BCUT2D eigenvalue weighted by molar-refractivity contribution is 6.34. The zero-order valence-corrected chi connectivity index (χ0v) is 12.1. The molecule has 0 radical (unpaired) electrons. The van der Waals surface area contributed by atoms with Crippen LogP contribution >= 0.6 is 11.6 Å². The molecule has 0 spiro atoms. The van der Waals surface area contributed by atoms with Crippen molar-refractivity contribution in [3.05, 3.63) is 23.2 Å². The molecule has 1 aromatic carbocycles. The van der Waals surface area contributed by atoms with Gasteiger partial charge in [0.25, 0.3) is 0 Å². The molecule has 1 aliphatic heterocycles. The summed E-state index contributed by atoms with van der Waals surface area (Å²) in [6.07, 6.45) is 2.40. The van der Waals surface area contributed by atoms with E-state index in [4.69, 9.17) is 11.6 Å². The first-order valence-corrected chi connectivity index (χ1v) is 7.35. The van der Waals surface area contributed by atoms with Gasteiger partial charge in [0.15, 0.2) is 0 Å². The lowest BCUT2D eigenvalue weighted by Gasteiger charge is -2.18. The Labute approximate surface area is 123 Å². The molecule has 5 heteroatoms. The topological polar surface area (TPSA) is 49.4 Å². The van der Waals surface area contributed by atoms with E-state index in [0.29, 0.717) is 29.6 Å². The maximum Gasteiger partial charge on any atom is 0.227 e. The highest BCUT2D eigenvalue weighted by Gasteiger charge is 2.39. The van der Waals surface area contributed by atoms with Gasteiger partial charge in [0.05, 0.1) is 10.7 Å². The molecular formula is C15H17ClN2O2. The predicted molar refractivity (Wildman–Crippen MR) is 78.9 cm³/mol. The third-order valence-corrected chi connectivity index (χ3v) is 4.33. The molecule has 1 saturated heterocycles. The van der Waals surface area contributed by atoms with Crippen LogP contribution in [0.15, 0.2) is 18.2 Å². The van der Waals surface area contributed by atoms with Gasteiger partial charge >= 0.3 is 0 Å². The summed E-state index contributed by atoms with van der Waals surface area (Å²) in [6, 6.07) is 5.32. The Balaban J connectivity index is 1.74. The lowest BCUT2D eigenvalue weighted by molar-refractivity contribution is -0.118. The highest BCUT2D eigenvalue weighted by Crippen LogP contribution is 2.39. The van der Waals surface area contributed by atoms with Crippen molar-refractivity contribution in [1.82, 2.24) is 0 Å². The smallest absolute Gasteiger partial charge is 0.227 e. The summed E-state index contributed by atoms with van der Waals surface area (Å²) in [6.45, 7) is 2.78. The molecule has 4 nitrogen and oxygen atoms in total. The van der Waals surface area contributed by atoms with Crippen LogP contribution in [-0.2, 0) is 9.59 Å². The van der Waals surface area contributed by atoms with Crippen molar-refractivity contribution >= 4 is 34.8 Å². The summed E-state index contributed by atoms with van der Waals surface area (Å²) >= 11 is 6.24. The minimum atomic E-state index is 0.0542. The van der Waals surface area contributed by atoms with Gasteiger partial charge in [-0.05, 0) is 37.0 Å². The van der Waals surface area contributed by atoms with Crippen LogP contribution in [-0.4, -0.2) is 18.4 Å². The summed E-state index contributed by atoms with van der Waals surface area (Å²) in [7, 11) is 0. The minimum absolute atomic E-state index is 0.0542. The third-order valence-electron chi connectivity index (χ3n) is 4.03. The predicted octanol–water partition coefficient (Wildman–Crippen LogP) is 3.06. The van der Waals surface area contributed by atoms with E-state index < -0.39 is 0 Å². The number of hydrogen-bond donors (Lipinski definition) is 1. The molecule has 0 aromatic heterocycles. The maximum atomic E-state index is 11.9. The highest BCUT2D eigenvalue weighted by atomic mass is 35.5. The lowest BCUT2D eigenvalue weighted by atomic mass is 10.2. The lowest BCUT2D eigenvalue weighted by Crippen LogP contribution is -2.24. The molecule has 20 heavy (non-hydrogen) atoms. The van der Waals surface area contributed by atoms with Crippen molar-refractivity contribution in [1.29, 1.82) is 0 Å². The van der Waals surface area contributed by atoms with E-state index in [-0.39, 0.29) is 17.7 Å². The van der Waals surface area contributed by atoms with Gasteiger partial charge in [0, 0.05) is 24.6 Å². The van der Waals surface area contributed by atoms with E-state index in [1.807, 2.05) is 0 Å². The molecule has 0 unspecified atom stereocenters. The quantitative estimate of drug-likeness (QED) is 0.931. The van der Waals surface area contributed by atoms with E-state index in [1.165, 1.54) is 0 Å². The number of nitrogens with zero attached hydrogens (tertiary/aromatic N) is 1. The number of amides is 2. The van der Waals surface area contributed by atoms with Crippen LogP contribution in [0.4, 0.5) is 11.4 Å². The van der Waals surface area contributed by atoms with Crippen molar-refractivity contribution in [3.8, 4) is 0 Å². The normalized spacial score (nSPS) is 24.9. The number of anilines is 2. The molecule has 1 aromatic rings. The molecule has 1 N–H and O–H groups in total. The van der Waals surface area contributed by atoms with Crippen LogP contribution in [0.1, 0.15) is 26.2 Å². The van der Waals surface area contributed by atoms with Crippen molar-refractivity contribution in [3.63, 3.8) is 0 Å². The zero-order valence-electron chi connectivity index (χ0n) is 11.4. The second-order valence-corrected chi connectivity index (χ2v) is 6.03. The molecule has 0 bridgehead atoms. The van der Waals surface area contributed by atoms with Crippen LogP contribution in [0.5, 0.6) is 0 Å². The van der Waals surface area contributed by atoms with E-state index in [1.54, 1.807) is 23.1 Å². The Morgan fingerprint density at radius 2 is 2.20 bits per heavy atom. The molecule has 2 amide bonds. The standard InChI is InChI=1S/C15H17ClN2O2/c1-9-7-11(9)15(20)17-10-4-5-13(12(16)8-10)18-6-2-3-14(18)19/h4-5,8-9,11H,2-3,6-7H2,1H3,(H,17,20)/t9-,11+/m0/s1. The number of halogens is 1. The number of benzene rings is 1. The minimum Gasteiger partial charge on any atom is -0.326 e. The van der Waals surface area contributed by atoms with Gasteiger partial charge in [0.1, 0.15) is 0 Å². The number of hydrogen-bond acceptors (Lipinski definition) is 2. The van der Waals surface area contributed by atoms with E-state index in [2.05, 4.69) is 12.2 Å². The van der Waals surface area contributed by atoms with Crippen molar-refractivity contribution in [2.24, 2.45) is 11.8 Å². The Hall–Kier alpha value is -1.55. The van der Waals surface area contributed by atoms with Crippen LogP contribution in [0, 0.1) is 11.8 Å². The number of carbonyl (C=O) groups excluding carboxylic acids is 2. The fourth-order valence-electron chi connectivity index (χ4n) is 2.63. The number of carbonyl (C=O) groups is 2. The molecular weight excluding hydrogens is 276 g/mol. The SMILES string of the molecule is C[C@H]1C[C@H]1C(=O)Nc1ccc(N2CCCC2=O)c(Cl)c1. The largest absolute Gasteiger partial charge is 0.326 e. The van der Waals surface area contributed by atoms with Gasteiger partial charge in [0.2, 0.25) is 11.8 Å². The number of nitrogens with one attached hydrogen (secondary N) is 1.